The standard InChI is InChI=1S/C25H30Cl3N3O5S/c1-16(25(33)29-18-8-4-5-9-18)30(14-17-7-6-10-19(11-17)36-2)24(32)15-31(37(3,34)35)23-13-21(27)20(26)12-22(23)28/h6-7,10-13,16,18H,4-5,8-9,14-15H2,1-3H3,(H,29,33)/t16-/m1/s1. The fraction of sp³-hybridized carbons (Fsp3) is 0.440. The van der Waals surface area contributed by atoms with Crippen molar-refractivity contribution in [3.63, 3.8) is 0 Å². The zero-order chi connectivity index (χ0) is 27.3. The summed E-state index contributed by atoms with van der Waals surface area (Å²) in [7, 11) is -2.44. The zero-order valence-electron chi connectivity index (χ0n) is 20.8. The summed E-state index contributed by atoms with van der Waals surface area (Å²) in [5.74, 6) is -0.306. The minimum Gasteiger partial charge on any atom is -0.497 e. The van der Waals surface area contributed by atoms with Crippen LogP contribution in [0, 0.1) is 0 Å². The summed E-state index contributed by atoms with van der Waals surface area (Å²) in [6.45, 7) is 1.09. The van der Waals surface area contributed by atoms with E-state index in [2.05, 4.69) is 5.32 Å². The van der Waals surface area contributed by atoms with Gasteiger partial charge >= 0.3 is 0 Å². The van der Waals surface area contributed by atoms with E-state index >= 15 is 0 Å². The number of methoxy groups -OCH3 is 1. The van der Waals surface area contributed by atoms with Crippen molar-refractivity contribution in [1.29, 1.82) is 0 Å². The number of halogens is 3. The normalized spacial score (nSPS) is 14.8. The second-order valence-corrected chi connectivity index (χ2v) is 12.2. The third kappa shape index (κ3) is 7.66. The Balaban J connectivity index is 1.94. The van der Waals surface area contributed by atoms with Gasteiger partial charge in [0.05, 0.1) is 34.1 Å². The van der Waals surface area contributed by atoms with E-state index in [1.54, 1.807) is 31.2 Å². The highest BCUT2D eigenvalue weighted by molar-refractivity contribution is 7.92. The number of hydrogen-bond donors (Lipinski definition) is 1. The molecule has 1 N–H and O–H groups in total. The monoisotopic (exact) mass is 589 g/mol. The highest BCUT2D eigenvalue weighted by Crippen LogP contribution is 2.35. The van der Waals surface area contributed by atoms with Crippen LogP contribution in [0.25, 0.3) is 0 Å². The maximum Gasteiger partial charge on any atom is 0.244 e. The number of sulfonamides is 1. The molecule has 37 heavy (non-hydrogen) atoms. The van der Waals surface area contributed by atoms with Gasteiger partial charge in [-0.3, -0.25) is 13.9 Å². The molecule has 12 heteroatoms. The SMILES string of the molecule is COc1cccc(CN(C(=O)CN(c2cc(Cl)c(Cl)cc2Cl)S(C)(=O)=O)[C@H](C)C(=O)NC2CCCC2)c1. The number of carbonyl (C=O) groups is 2. The number of nitrogens with one attached hydrogen (secondary N) is 1. The molecule has 3 rings (SSSR count). The Hall–Kier alpha value is -2.20. The van der Waals surface area contributed by atoms with Crippen molar-refractivity contribution in [2.75, 3.05) is 24.2 Å². The molecule has 1 atom stereocenters. The van der Waals surface area contributed by atoms with Crippen LogP contribution in [-0.4, -0.2) is 57.1 Å². The van der Waals surface area contributed by atoms with E-state index in [9.17, 15) is 18.0 Å². The van der Waals surface area contributed by atoms with Gasteiger partial charge in [0.2, 0.25) is 21.8 Å². The molecule has 0 radical (unpaired) electrons. The number of nitrogens with zero attached hydrogens (tertiary/aromatic N) is 2. The lowest BCUT2D eigenvalue weighted by atomic mass is 10.1. The number of anilines is 1. The molecule has 2 aromatic carbocycles. The molecule has 202 valence electrons. The smallest absolute Gasteiger partial charge is 0.244 e. The first kappa shape index (κ1) is 29.4. The summed E-state index contributed by atoms with van der Waals surface area (Å²) in [5, 5.41) is 3.26. The van der Waals surface area contributed by atoms with Gasteiger partial charge in [-0.05, 0) is 49.6 Å². The number of benzene rings is 2. The average Bonchev–Trinajstić information content (AvgIpc) is 3.35. The Morgan fingerprint density at radius 3 is 2.35 bits per heavy atom. The predicted octanol–water partition coefficient (Wildman–Crippen LogP) is 4.90. The van der Waals surface area contributed by atoms with Gasteiger partial charge in [-0.1, -0.05) is 59.8 Å². The summed E-state index contributed by atoms with van der Waals surface area (Å²) in [4.78, 5) is 28.2. The Bertz CT molecular complexity index is 1250. The Morgan fingerprint density at radius 1 is 1.08 bits per heavy atom. The minimum atomic E-state index is -3.97. The Labute approximate surface area is 232 Å². The molecule has 0 spiro atoms. The maximum absolute atomic E-state index is 13.7. The molecule has 0 aliphatic heterocycles. The molecule has 0 unspecified atom stereocenters. The van der Waals surface area contributed by atoms with Crippen molar-refractivity contribution in [3.05, 3.63) is 57.0 Å². The lowest BCUT2D eigenvalue weighted by Crippen LogP contribution is -2.52. The van der Waals surface area contributed by atoms with E-state index < -0.39 is 28.5 Å². The highest BCUT2D eigenvalue weighted by atomic mass is 35.5. The van der Waals surface area contributed by atoms with Gasteiger partial charge in [0.1, 0.15) is 18.3 Å². The number of rotatable bonds is 10. The number of ether oxygens (including phenoxy) is 1. The summed E-state index contributed by atoms with van der Waals surface area (Å²) >= 11 is 18.4. The number of hydrogen-bond acceptors (Lipinski definition) is 5. The Morgan fingerprint density at radius 2 is 1.73 bits per heavy atom. The molecular formula is C25H30Cl3N3O5S. The first-order valence-electron chi connectivity index (χ1n) is 11.8. The number of carbonyl (C=O) groups excluding carboxylic acids is 2. The molecule has 1 aliphatic carbocycles. The van der Waals surface area contributed by atoms with Crippen molar-refractivity contribution in [2.45, 2.75) is 51.2 Å². The largest absolute Gasteiger partial charge is 0.497 e. The quantitative estimate of drug-likeness (QED) is 0.397. The fourth-order valence-electron chi connectivity index (χ4n) is 4.24. The van der Waals surface area contributed by atoms with E-state index in [-0.39, 0.29) is 39.2 Å². The van der Waals surface area contributed by atoms with Crippen LogP contribution < -0.4 is 14.4 Å². The fourth-order valence-corrected chi connectivity index (χ4v) is 5.79. The summed E-state index contributed by atoms with van der Waals surface area (Å²) in [6, 6.07) is 8.90. The molecule has 0 bridgehead atoms. The van der Waals surface area contributed by atoms with Gasteiger partial charge in [0.25, 0.3) is 0 Å². The zero-order valence-corrected chi connectivity index (χ0v) is 23.9. The van der Waals surface area contributed by atoms with Crippen LogP contribution in [0.3, 0.4) is 0 Å². The number of amides is 2. The van der Waals surface area contributed by atoms with E-state index in [1.165, 1.54) is 24.1 Å². The third-order valence-electron chi connectivity index (χ3n) is 6.29. The Kier molecular flexibility index (Phi) is 9.97. The van der Waals surface area contributed by atoms with Gasteiger partial charge in [0.15, 0.2) is 0 Å². The first-order chi connectivity index (χ1) is 17.4. The van der Waals surface area contributed by atoms with Gasteiger partial charge in [0, 0.05) is 12.6 Å². The van der Waals surface area contributed by atoms with Crippen LogP contribution in [0.5, 0.6) is 5.75 Å². The van der Waals surface area contributed by atoms with Crippen molar-refractivity contribution < 1.29 is 22.7 Å². The van der Waals surface area contributed by atoms with Crippen molar-refractivity contribution in [2.24, 2.45) is 0 Å². The van der Waals surface area contributed by atoms with Crippen LogP contribution in [0.4, 0.5) is 5.69 Å². The molecule has 1 fully saturated rings. The van der Waals surface area contributed by atoms with E-state index in [1.807, 2.05) is 0 Å². The van der Waals surface area contributed by atoms with Gasteiger partial charge < -0.3 is 15.0 Å². The van der Waals surface area contributed by atoms with Crippen molar-refractivity contribution >= 4 is 62.3 Å². The lowest BCUT2D eigenvalue weighted by Gasteiger charge is -2.32. The summed E-state index contributed by atoms with van der Waals surface area (Å²) in [6.07, 6.45) is 4.82. The van der Waals surface area contributed by atoms with Gasteiger partial charge in [-0.15, -0.1) is 0 Å². The van der Waals surface area contributed by atoms with E-state index in [0.29, 0.717) is 11.3 Å². The van der Waals surface area contributed by atoms with Crippen LogP contribution in [0.2, 0.25) is 15.1 Å². The topological polar surface area (TPSA) is 96.0 Å². The lowest BCUT2D eigenvalue weighted by molar-refractivity contribution is -0.139. The van der Waals surface area contributed by atoms with Crippen LogP contribution >= 0.6 is 34.8 Å². The van der Waals surface area contributed by atoms with Crippen LogP contribution in [-0.2, 0) is 26.2 Å². The van der Waals surface area contributed by atoms with Crippen LogP contribution in [0.15, 0.2) is 36.4 Å². The third-order valence-corrected chi connectivity index (χ3v) is 8.44. The average molecular weight is 591 g/mol. The van der Waals surface area contributed by atoms with E-state index in [4.69, 9.17) is 39.5 Å². The predicted molar refractivity (Wildman–Crippen MR) is 147 cm³/mol. The molecule has 8 nitrogen and oxygen atoms in total. The van der Waals surface area contributed by atoms with Gasteiger partial charge in [-0.25, -0.2) is 8.42 Å². The first-order valence-corrected chi connectivity index (χ1v) is 14.7. The molecule has 1 saturated carbocycles. The second-order valence-electron chi connectivity index (χ2n) is 9.03. The van der Waals surface area contributed by atoms with Crippen LogP contribution in [0.1, 0.15) is 38.2 Å². The molecule has 2 amide bonds. The molecule has 0 aromatic heterocycles. The van der Waals surface area contributed by atoms with E-state index in [0.717, 1.165) is 36.2 Å². The molecule has 0 heterocycles. The highest BCUT2D eigenvalue weighted by Gasteiger charge is 2.32. The summed E-state index contributed by atoms with van der Waals surface area (Å²) in [5.41, 5.74) is 0.725. The minimum absolute atomic E-state index is 0.0105. The van der Waals surface area contributed by atoms with Crippen molar-refractivity contribution in [1.82, 2.24) is 10.2 Å². The van der Waals surface area contributed by atoms with Crippen molar-refractivity contribution in [3.8, 4) is 5.75 Å². The molecule has 0 saturated heterocycles. The summed E-state index contributed by atoms with van der Waals surface area (Å²) < 4.78 is 31.6. The maximum atomic E-state index is 13.7. The molecular weight excluding hydrogens is 561 g/mol. The second kappa shape index (κ2) is 12.6. The van der Waals surface area contributed by atoms with Gasteiger partial charge in [-0.2, -0.15) is 0 Å². The molecule has 1 aliphatic rings. The molecule has 2 aromatic rings.